The van der Waals surface area contributed by atoms with Crippen molar-refractivity contribution < 1.29 is 4.74 Å². The van der Waals surface area contributed by atoms with Gasteiger partial charge in [0.1, 0.15) is 12.4 Å². The zero-order chi connectivity index (χ0) is 15.1. The molecule has 1 aliphatic carbocycles. The summed E-state index contributed by atoms with van der Waals surface area (Å²) in [7, 11) is 0. The van der Waals surface area contributed by atoms with Crippen molar-refractivity contribution in [2.45, 2.75) is 71.3 Å². The van der Waals surface area contributed by atoms with Crippen LogP contribution in [0, 0.1) is 6.92 Å². The first-order valence-corrected chi connectivity index (χ1v) is 8.63. The number of rotatable bonds is 6. The van der Waals surface area contributed by atoms with Crippen LogP contribution >= 0.6 is 0 Å². The summed E-state index contributed by atoms with van der Waals surface area (Å²) in [6.07, 6.45) is 8.26. The fraction of sp³-hybridized carbons (Fsp3) is 0.684. The molecule has 118 valence electrons. The Balaban J connectivity index is 1.76. The largest absolute Gasteiger partial charge is 0.492 e. The van der Waals surface area contributed by atoms with Crippen molar-refractivity contribution in [2.75, 3.05) is 13.2 Å². The van der Waals surface area contributed by atoms with E-state index in [1.54, 1.807) is 0 Å². The van der Waals surface area contributed by atoms with Gasteiger partial charge in [0.15, 0.2) is 0 Å². The smallest absolute Gasteiger partial charge is 0.122 e. The minimum atomic E-state index is 0.553. The van der Waals surface area contributed by atoms with E-state index in [1.807, 2.05) is 0 Å². The Hall–Kier alpha value is -1.02. The predicted octanol–water partition coefficient (Wildman–Crippen LogP) is 4.81. The van der Waals surface area contributed by atoms with E-state index in [-0.39, 0.29) is 0 Å². The van der Waals surface area contributed by atoms with Crippen molar-refractivity contribution in [3.63, 3.8) is 0 Å². The van der Waals surface area contributed by atoms with Gasteiger partial charge in [0.2, 0.25) is 0 Å². The van der Waals surface area contributed by atoms with Crippen molar-refractivity contribution >= 4 is 0 Å². The van der Waals surface area contributed by atoms with Crippen LogP contribution in [0.3, 0.4) is 0 Å². The summed E-state index contributed by atoms with van der Waals surface area (Å²) in [6, 6.07) is 7.28. The highest BCUT2D eigenvalue weighted by Gasteiger charge is 2.11. The zero-order valence-corrected chi connectivity index (χ0v) is 14.0. The van der Waals surface area contributed by atoms with Gasteiger partial charge in [0.05, 0.1) is 0 Å². The van der Waals surface area contributed by atoms with Gasteiger partial charge in [-0.25, -0.2) is 0 Å². The van der Waals surface area contributed by atoms with Crippen molar-refractivity contribution in [1.82, 2.24) is 5.32 Å². The minimum absolute atomic E-state index is 0.553. The van der Waals surface area contributed by atoms with Gasteiger partial charge in [-0.15, -0.1) is 0 Å². The van der Waals surface area contributed by atoms with Crippen molar-refractivity contribution in [3.8, 4) is 5.75 Å². The first-order chi connectivity index (χ1) is 10.2. The maximum atomic E-state index is 5.99. The van der Waals surface area contributed by atoms with Crippen molar-refractivity contribution in [3.05, 3.63) is 29.3 Å². The quantitative estimate of drug-likeness (QED) is 0.599. The highest BCUT2D eigenvalue weighted by Crippen LogP contribution is 2.24. The molecule has 1 aliphatic rings. The van der Waals surface area contributed by atoms with E-state index in [4.69, 9.17) is 4.74 Å². The van der Waals surface area contributed by atoms with Gasteiger partial charge in [-0.1, -0.05) is 51.7 Å². The highest BCUT2D eigenvalue weighted by atomic mass is 16.5. The summed E-state index contributed by atoms with van der Waals surface area (Å²) in [4.78, 5) is 0. The number of hydrogen-bond acceptors (Lipinski definition) is 2. The van der Waals surface area contributed by atoms with Crippen LogP contribution in [0.4, 0.5) is 0 Å². The van der Waals surface area contributed by atoms with Crippen molar-refractivity contribution in [1.29, 1.82) is 0 Å². The van der Waals surface area contributed by atoms with Crippen molar-refractivity contribution in [2.24, 2.45) is 0 Å². The van der Waals surface area contributed by atoms with Gasteiger partial charge < -0.3 is 10.1 Å². The maximum Gasteiger partial charge on any atom is 0.122 e. The summed E-state index contributed by atoms with van der Waals surface area (Å²) in [5, 5.41) is 3.66. The number of ether oxygens (including phenoxy) is 1. The molecular weight excluding hydrogens is 258 g/mol. The topological polar surface area (TPSA) is 21.3 Å². The van der Waals surface area contributed by atoms with Gasteiger partial charge in [-0.05, 0) is 42.9 Å². The lowest BCUT2D eigenvalue weighted by Crippen LogP contribution is -2.32. The third kappa shape index (κ3) is 5.35. The lowest BCUT2D eigenvalue weighted by Gasteiger charge is -2.17. The van der Waals surface area contributed by atoms with Crippen LogP contribution < -0.4 is 10.1 Å². The van der Waals surface area contributed by atoms with Crippen LogP contribution in [0.1, 0.15) is 69.4 Å². The highest BCUT2D eigenvalue weighted by molar-refractivity contribution is 5.37. The van der Waals surface area contributed by atoms with Crippen LogP contribution in [0.25, 0.3) is 0 Å². The molecule has 21 heavy (non-hydrogen) atoms. The standard InChI is InChI=1S/C19H31NO/c1-15(2)17-11-10-16(3)19(14-17)21-13-12-20-18-8-6-4-5-7-9-18/h10-11,14-15,18,20H,4-9,12-13H2,1-3H3. The van der Waals surface area contributed by atoms with Gasteiger partial charge in [-0.3, -0.25) is 0 Å². The van der Waals surface area contributed by atoms with Crippen LogP contribution in [0.2, 0.25) is 0 Å². The molecule has 0 aromatic heterocycles. The molecule has 1 fully saturated rings. The molecule has 2 rings (SSSR count). The molecule has 0 bridgehead atoms. The fourth-order valence-electron chi connectivity index (χ4n) is 3.04. The lowest BCUT2D eigenvalue weighted by molar-refractivity contribution is 0.298. The van der Waals surface area contributed by atoms with Crippen LogP contribution in [-0.2, 0) is 0 Å². The van der Waals surface area contributed by atoms with Gasteiger partial charge in [0.25, 0.3) is 0 Å². The number of hydrogen-bond donors (Lipinski definition) is 1. The van der Waals surface area contributed by atoms with Crippen LogP contribution in [0.5, 0.6) is 5.75 Å². The van der Waals surface area contributed by atoms with E-state index in [0.29, 0.717) is 12.0 Å². The molecule has 0 saturated heterocycles. The first-order valence-electron chi connectivity index (χ1n) is 8.63. The van der Waals surface area contributed by atoms with Gasteiger partial charge >= 0.3 is 0 Å². The molecule has 0 amide bonds. The summed E-state index contributed by atoms with van der Waals surface area (Å²) < 4.78 is 5.99. The molecule has 0 aliphatic heterocycles. The molecule has 1 saturated carbocycles. The molecule has 0 heterocycles. The molecule has 0 radical (unpaired) electrons. The monoisotopic (exact) mass is 289 g/mol. The Kier molecular flexibility index (Phi) is 6.56. The second-order valence-corrected chi connectivity index (χ2v) is 6.67. The molecule has 0 unspecified atom stereocenters. The van der Waals surface area contributed by atoms with Crippen LogP contribution in [0.15, 0.2) is 18.2 Å². The summed E-state index contributed by atoms with van der Waals surface area (Å²) in [5.74, 6) is 1.60. The molecule has 2 nitrogen and oxygen atoms in total. The summed E-state index contributed by atoms with van der Waals surface area (Å²) >= 11 is 0. The van der Waals surface area contributed by atoms with E-state index < -0.39 is 0 Å². The predicted molar refractivity (Wildman–Crippen MR) is 90.3 cm³/mol. The Bertz CT molecular complexity index is 420. The molecule has 1 aromatic rings. The molecule has 0 spiro atoms. The SMILES string of the molecule is Cc1ccc(C(C)C)cc1OCCNC1CCCCCC1. The van der Waals surface area contributed by atoms with E-state index in [9.17, 15) is 0 Å². The number of benzene rings is 1. The average Bonchev–Trinajstić information content (AvgIpc) is 2.73. The van der Waals surface area contributed by atoms with Gasteiger partial charge in [-0.2, -0.15) is 0 Å². The second-order valence-electron chi connectivity index (χ2n) is 6.67. The number of nitrogens with one attached hydrogen (secondary N) is 1. The van der Waals surface area contributed by atoms with E-state index >= 15 is 0 Å². The molecular formula is C19H31NO. The minimum Gasteiger partial charge on any atom is -0.492 e. The van der Waals surface area contributed by atoms with E-state index in [2.05, 4.69) is 44.3 Å². The Morgan fingerprint density at radius 1 is 1.14 bits per heavy atom. The normalized spacial score (nSPS) is 17.0. The average molecular weight is 289 g/mol. The summed E-state index contributed by atoms with van der Waals surface area (Å²) in [5.41, 5.74) is 2.58. The summed E-state index contributed by atoms with van der Waals surface area (Å²) in [6.45, 7) is 8.29. The Morgan fingerprint density at radius 3 is 2.52 bits per heavy atom. The van der Waals surface area contributed by atoms with Crippen LogP contribution in [-0.4, -0.2) is 19.2 Å². The van der Waals surface area contributed by atoms with E-state index in [1.165, 1.54) is 49.7 Å². The molecule has 1 aromatic carbocycles. The second kappa shape index (κ2) is 8.43. The van der Waals surface area contributed by atoms with Gasteiger partial charge in [0, 0.05) is 12.6 Å². The van der Waals surface area contributed by atoms with E-state index in [0.717, 1.165) is 18.9 Å². The zero-order valence-electron chi connectivity index (χ0n) is 14.0. The lowest BCUT2D eigenvalue weighted by atomic mass is 10.0. The fourth-order valence-corrected chi connectivity index (χ4v) is 3.04. The Morgan fingerprint density at radius 2 is 1.86 bits per heavy atom. The Labute approximate surface area is 130 Å². The number of aryl methyl sites for hydroxylation is 1. The first kappa shape index (κ1) is 16.4. The molecule has 2 heteroatoms. The maximum absolute atomic E-state index is 5.99. The third-order valence-electron chi connectivity index (χ3n) is 4.53. The third-order valence-corrected chi connectivity index (χ3v) is 4.53. The molecule has 1 N–H and O–H groups in total. The molecule has 0 atom stereocenters.